The Bertz CT molecular complexity index is 794. The normalized spacial score (nSPS) is 18.8. The Labute approximate surface area is 154 Å². The molecule has 1 unspecified atom stereocenters. The summed E-state index contributed by atoms with van der Waals surface area (Å²) in [4.78, 5) is 13.5. The van der Waals surface area contributed by atoms with E-state index in [4.69, 9.17) is 0 Å². The first-order chi connectivity index (χ1) is 12.5. The number of rotatable bonds is 6. The summed E-state index contributed by atoms with van der Waals surface area (Å²) in [6, 6.07) is 10.4. The third-order valence-electron chi connectivity index (χ3n) is 5.07. The molecule has 26 heavy (non-hydrogen) atoms. The van der Waals surface area contributed by atoms with E-state index < -0.39 is 5.97 Å². The molecule has 1 atom stereocenters. The lowest BCUT2D eigenvalue weighted by atomic mass is 9.96. The van der Waals surface area contributed by atoms with Gasteiger partial charge < -0.3 is 10.0 Å². The fourth-order valence-electron chi connectivity index (χ4n) is 3.64. The molecule has 138 valence electrons. The zero-order chi connectivity index (χ0) is 18.5. The molecule has 1 saturated heterocycles. The minimum Gasteiger partial charge on any atom is -0.481 e. The number of carboxylic acids is 1. The highest BCUT2D eigenvalue weighted by Gasteiger charge is 2.24. The number of likely N-dealkylation sites (tertiary alicyclic amines) is 1. The van der Waals surface area contributed by atoms with Crippen LogP contribution in [-0.4, -0.2) is 45.4 Å². The molecular formula is C21H27N3O2. The van der Waals surface area contributed by atoms with E-state index in [1.807, 2.05) is 24.0 Å². The average Bonchev–Trinajstić information content (AvgIpc) is 3.06. The van der Waals surface area contributed by atoms with Crippen molar-refractivity contribution in [2.45, 2.75) is 26.2 Å². The van der Waals surface area contributed by atoms with Gasteiger partial charge in [-0.15, -0.1) is 0 Å². The van der Waals surface area contributed by atoms with Gasteiger partial charge in [0, 0.05) is 31.9 Å². The van der Waals surface area contributed by atoms with E-state index in [0.717, 1.165) is 43.6 Å². The number of piperidine rings is 1. The molecule has 0 spiro atoms. The minimum atomic E-state index is -0.667. The van der Waals surface area contributed by atoms with E-state index >= 15 is 0 Å². The first kappa shape index (κ1) is 18.4. The van der Waals surface area contributed by atoms with Gasteiger partial charge in [-0.1, -0.05) is 30.3 Å². The molecule has 5 heteroatoms. The number of hydrogen-bond donors (Lipinski definition) is 1. The molecule has 3 rings (SSSR count). The molecule has 1 aromatic carbocycles. The number of carboxylic acid groups (broad SMARTS) is 1. The van der Waals surface area contributed by atoms with Gasteiger partial charge >= 0.3 is 5.97 Å². The van der Waals surface area contributed by atoms with Gasteiger partial charge in [-0.3, -0.25) is 9.48 Å². The van der Waals surface area contributed by atoms with Crippen LogP contribution < -0.4 is 0 Å². The van der Waals surface area contributed by atoms with Gasteiger partial charge in [0.25, 0.3) is 0 Å². The van der Waals surface area contributed by atoms with Gasteiger partial charge in [-0.2, -0.15) is 5.10 Å². The van der Waals surface area contributed by atoms with Gasteiger partial charge in [0.15, 0.2) is 0 Å². The van der Waals surface area contributed by atoms with Gasteiger partial charge in [0.05, 0.1) is 11.6 Å². The predicted octanol–water partition coefficient (Wildman–Crippen LogP) is 3.35. The fraction of sp³-hybridized carbons (Fsp3) is 0.429. The largest absolute Gasteiger partial charge is 0.481 e. The standard InChI is InChI=1S/C21H27N3O2/c1-16-7-3-4-9-18(16)19(20-11-14-23(2)22-20)10-6-13-24-12-5-8-17(15-24)21(25)26/h3-4,7,9-11,14,17H,5-6,8,12-13,15H2,1-2H3,(H,25,26). The maximum atomic E-state index is 11.2. The lowest BCUT2D eigenvalue weighted by Gasteiger charge is -2.30. The molecule has 1 aliphatic heterocycles. The van der Waals surface area contributed by atoms with Crippen molar-refractivity contribution in [2.75, 3.05) is 19.6 Å². The van der Waals surface area contributed by atoms with E-state index in [-0.39, 0.29) is 5.92 Å². The van der Waals surface area contributed by atoms with Crippen molar-refractivity contribution in [1.29, 1.82) is 0 Å². The highest BCUT2D eigenvalue weighted by Crippen LogP contribution is 2.26. The Morgan fingerprint density at radius 2 is 2.15 bits per heavy atom. The Hall–Kier alpha value is -2.40. The van der Waals surface area contributed by atoms with Gasteiger partial charge in [0.2, 0.25) is 0 Å². The number of aryl methyl sites for hydroxylation is 2. The molecule has 2 aromatic rings. The number of aromatic nitrogens is 2. The number of aliphatic carboxylic acids is 1. The van der Waals surface area contributed by atoms with Crippen molar-refractivity contribution in [2.24, 2.45) is 13.0 Å². The Balaban J connectivity index is 1.75. The quantitative estimate of drug-likeness (QED) is 0.865. The molecule has 0 bridgehead atoms. The average molecular weight is 353 g/mol. The van der Waals surface area contributed by atoms with Gasteiger partial charge in [-0.25, -0.2) is 0 Å². The molecular weight excluding hydrogens is 326 g/mol. The van der Waals surface area contributed by atoms with Crippen molar-refractivity contribution in [3.05, 3.63) is 59.4 Å². The van der Waals surface area contributed by atoms with E-state index in [1.165, 1.54) is 11.1 Å². The van der Waals surface area contributed by atoms with Gasteiger partial charge in [0.1, 0.15) is 0 Å². The van der Waals surface area contributed by atoms with E-state index in [0.29, 0.717) is 6.54 Å². The molecule has 0 aliphatic carbocycles. The van der Waals surface area contributed by atoms with Crippen LogP contribution in [0.15, 0.2) is 42.6 Å². The van der Waals surface area contributed by atoms with Crippen LogP contribution in [0.4, 0.5) is 0 Å². The van der Waals surface area contributed by atoms with Crippen LogP contribution in [0.2, 0.25) is 0 Å². The Kier molecular flexibility index (Phi) is 5.89. The van der Waals surface area contributed by atoms with E-state index in [2.05, 4.69) is 47.3 Å². The van der Waals surface area contributed by atoms with Gasteiger partial charge in [-0.05, 0) is 49.9 Å². The number of carbonyl (C=O) groups is 1. The second-order valence-corrected chi connectivity index (χ2v) is 7.07. The van der Waals surface area contributed by atoms with Crippen LogP contribution in [-0.2, 0) is 11.8 Å². The first-order valence-corrected chi connectivity index (χ1v) is 9.26. The summed E-state index contributed by atoms with van der Waals surface area (Å²) in [6.07, 6.45) is 6.85. The molecule has 2 heterocycles. The topological polar surface area (TPSA) is 58.4 Å². The molecule has 1 fully saturated rings. The second kappa shape index (κ2) is 8.32. The van der Waals surface area contributed by atoms with Crippen LogP contribution >= 0.6 is 0 Å². The Morgan fingerprint density at radius 3 is 2.85 bits per heavy atom. The van der Waals surface area contributed by atoms with Crippen LogP contribution in [0.25, 0.3) is 5.57 Å². The minimum absolute atomic E-state index is 0.223. The van der Waals surface area contributed by atoms with Crippen LogP contribution in [0.1, 0.15) is 36.1 Å². The molecule has 5 nitrogen and oxygen atoms in total. The Morgan fingerprint density at radius 1 is 1.35 bits per heavy atom. The summed E-state index contributed by atoms with van der Waals surface area (Å²) >= 11 is 0. The summed E-state index contributed by atoms with van der Waals surface area (Å²) < 4.78 is 1.82. The maximum Gasteiger partial charge on any atom is 0.307 e. The number of nitrogens with zero attached hydrogens (tertiary/aromatic N) is 3. The highest BCUT2D eigenvalue weighted by molar-refractivity contribution is 5.79. The predicted molar refractivity (Wildman–Crippen MR) is 103 cm³/mol. The van der Waals surface area contributed by atoms with Crippen molar-refractivity contribution in [3.8, 4) is 0 Å². The zero-order valence-corrected chi connectivity index (χ0v) is 15.6. The number of hydrogen-bond acceptors (Lipinski definition) is 3. The molecule has 0 amide bonds. The van der Waals surface area contributed by atoms with Crippen LogP contribution in [0.3, 0.4) is 0 Å². The number of benzene rings is 1. The molecule has 1 aromatic heterocycles. The smallest absolute Gasteiger partial charge is 0.307 e. The summed E-state index contributed by atoms with van der Waals surface area (Å²) in [7, 11) is 1.93. The third-order valence-corrected chi connectivity index (χ3v) is 5.07. The van der Waals surface area contributed by atoms with E-state index in [9.17, 15) is 9.90 Å². The molecule has 0 saturated carbocycles. The van der Waals surface area contributed by atoms with Crippen molar-refractivity contribution < 1.29 is 9.90 Å². The summed E-state index contributed by atoms with van der Waals surface area (Å²) in [5.41, 5.74) is 4.56. The summed E-state index contributed by atoms with van der Waals surface area (Å²) in [5, 5.41) is 13.8. The van der Waals surface area contributed by atoms with Crippen LogP contribution in [0, 0.1) is 12.8 Å². The first-order valence-electron chi connectivity index (χ1n) is 9.26. The fourth-order valence-corrected chi connectivity index (χ4v) is 3.64. The summed E-state index contributed by atoms with van der Waals surface area (Å²) in [6.45, 7) is 4.65. The highest BCUT2D eigenvalue weighted by atomic mass is 16.4. The molecule has 1 aliphatic rings. The summed E-state index contributed by atoms with van der Waals surface area (Å²) in [5.74, 6) is -0.890. The molecule has 1 N–H and O–H groups in total. The van der Waals surface area contributed by atoms with E-state index in [1.54, 1.807) is 0 Å². The lowest BCUT2D eigenvalue weighted by Crippen LogP contribution is -2.39. The zero-order valence-electron chi connectivity index (χ0n) is 15.6. The molecule has 0 radical (unpaired) electrons. The van der Waals surface area contributed by atoms with Crippen molar-refractivity contribution in [3.63, 3.8) is 0 Å². The SMILES string of the molecule is Cc1ccccc1C(=CCCN1CCCC(C(=O)O)C1)c1ccn(C)n1. The second-order valence-electron chi connectivity index (χ2n) is 7.07. The third kappa shape index (κ3) is 4.41. The van der Waals surface area contributed by atoms with Crippen molar-refractivity contribution in [1.82, 2.24) is 14.7 Å². The maximum absolute atomic E-state index is 11.2. The van der Waals surface area contributed by atoms with Crippen LogP contribution in [0.5, 0.6) is 0 Å². The monoisotopic (exact) mass is 353 g/mol. The van der Waals surface area contributed by atoms with Crippen molar-refractivity contribution >= 4 is 11.5 Å². The lowest BCUT2D eigenvalue weighted by molar-refractivity contribution is -0.143.